The average Bonchev–Trinajstić information content (AvgIpc) is 2.63. The first-order chi connectivity index (χ1) is 14.7. The highest BCUT2D eigenvalue weighted by molar-refractivity contribution is 4.71. The molecule has 1 aliphatic rings. The minimum absolute atomic E-state index is 0.500. The fraction of sp³-hybridized carbons (Fsp3) is 1.00. The summed E-state index contributed by atoms with van der Waals surface area (Å²) in [5, 5.41) is 0. The second-order valence-corrected chi connectivity index (χ2v) is 12.0. The van der Waals surface area contributed by atoms with Crippen molar-refractivity contribution in [2.45, 2.75) is 156 Å². The minimum Gasteiger partial charge on any atom is -0.306 e. The highest BCUT2D eigenvalue weighted by Gasteiger charge is 2.18. The molecule has 1 nitrogen and oxygen atoms in total. The maximum atomic E-state index is 2.43. The molecule has 0 aromatic rings. The van der Waals surface area contributed by atoms with Crippen LogP contribution in [0.15, 0.2) is 0 Å². The molecule has 0 bridgehead atoms. The van der Waals surface area contributed by atoms with Crippen LogP contribution in [0.1, 0.15) is 156 Å². The van der Waals surface area contributed by atoms with E-state index in [4.69, 9.17) is 0 Å². The van der Waals surface area contributed by atoms with Gasteiger partial charge < -0.3 is 4.90 Å². The van der Waals surface area contributed by atoms with Crippen molar-refractivity contribution in [2.75, 3.05) is 20.1 Å². The third-order valence-corrected chi connectivity index (χ3v) is 4.27. The van der Waals surface area contributed by atoms with Gasteiger partial charge in [0.1, 0.15) is 0 Å². The Bertz CT molecular complexity index is 265. The number of rotatable bonds is 5. The van der Waals surface area contributed by atoms with Crippen LogP contribution < -0.4 is 0 Å². The molecule has 0 aliphatic carbocycles. The minimum atomic E-state index is 0.500. The van der Waals surface area contributed by atoms with Crippen LogP contribution in [0.2, 0.25) is 0 Å². The van der Waals surface area contributed by atoms with Crippen molar-refractivity contribution in [3.8, 4) is 0 Å². The van der Waals surface area contributed by atoms with Gasteiger partial charge in [0, 0.05) is 0 Å². The third kappa shape index (κ3) is 63.1. The predicted octanol–water partition coefficient (Wildman–Crippen LogP) is 11.4. The lowest BCUT2D eigenvalue weighted by molar-refractivity contribution is 0.185. The van der Waals surface area contributed by atoms with E-state index in [0.717, 1.165) is 23.7 Å². The van der Waals surface area contributed by atoms with Gasteiger partial charge in [-0.15, -0.1) is 0 Å². The molecule has 1 heteroatoms. The number of piperidine rings is 1. The van der Waals surface area contributed by atoms with E-state index < -0.39 is 0 Å². The summed E-state index contributed by atoms with van der Waals surface area (Å²) in [6, 6.07) is 0. The molecular formula is C31H73N. The van der Waals surface area contributed by atoms with E-state index in [-0.39, 0.29) is 0 Å². The molecule has 1 aliphatic heterocycles. The summed E-state index contributed by atoms with van der Waals surface area (Å²) in [6.07, 6.45) is 9.59. The van der Waals surface area contributed by atoms with Crippen LogP contribution in [0.5, 0.6) is 0 Å². The quantitative estimate of drug-likeness (QED) is 0.395. The summed E-state index contributed by atoms with van der Waals surface area (Å²) in [7, 11) is 2.22. The van der Waals surface area contributed by atoms with E-state index in [2.05, 4.69) is 109 Å². The van der Waals surface area contributed by atoms with Crippen molar-refractivity contribution < 1.29 is 0 Å². The number of hydrogen-bond donors (Lipinski definition) is 0. The molecule has 0 amide bonds. The Kier molecular flexibility index (Phi) is 40.8. The smallest absolute Gasteiger partial charge is 0.00190 e. The van der Waals surface area contributed by atoms with E-state index in [1.54, 1.807) is 0 Å². The Morgan fingerprint density at radius 2 is 0.969 bits per heavy atom. The third-order valence-electron chi connectivity index (χ3n) is 4.27. The van der Waals surface area contributed by atoms with Crippen LogP contribution in [0.4, 0.5) is 0 Å². The van der Waals surface area contributed by atoms with E-state index in [0.29, 0.717) is 5.41 Å². The van der Waals surface area contributed by atoms with Gasteiger partial charge in [0.25, 0.3) is 0 Å². The molecule has 1 heterocycles. The highest BCUT2D eigenvalue weighted by atomic mass is 15.1. The van der Waals surface area contributed by atoms with E-state index >= 15 is 0 Å². The molecule has 0 saturated carbocycles. The first kappa shape index (κ1) is 42.1. The van der Waals surface area contributed by atoms with E-state index in [9.17, 15) is 0 Å². The summed E-state index contributed by atoms with van der Waals surface area (Å²) in [5.41, 5.74) is 0.500. The topological polar surface area (TPSA) is 3.24 Å². The number of nitrogens with zero attached hydrogens (tertiary/aromatic N) is 1. The molecule has 0 spiro atoms. The molecular weight excluding hydrogens is 386 g/mol. The van der Waals surface area contributed by atoms with Crippen LogP contribution in [0.3, 0.4) is 0 Å². The first-order valence-electron chi connectivity index (χ1n) is 14.3. The Morgan fingerprint density at radius 1 is 0.719 bits per heavy atom. The van der Waals surface area contributed by atoms with E-state index in [1.807, 2.05) is 13.8 Å². The predicted molar refractivity (Wildman–Crippen MR) is 157 cm³/mol. The fourth-order valence-corrected chi connectivity index (χ4v) is 2.83. The normalized spacial score (nSPS) is 13.9. The Morgan fingerprint density at radius 3 is 1.16 bits per heavy atom. The first-order valence-corrected chi connectivity index (χ1v) is 14.3. The lowest BCUT2D eigenvalue weighted by Crippen LogP contribution is -2.32. The number of hydrogen-bond acceptors (Lipinski definition) is 1. The maximum Gasteiger partial charge on any atom is -0.00190 e. The van der Waals surface area contributed by atoms with E-state index in [1.165, 1.54) is 58.0 Å². The zero-order valence-corrected chi connectivity index (χ0v) is 26.6. The molecule has 0 unspecified atom stereocenters. The van der Waals surface area contributed by atoms with Gasteiger partial charge in [0.15, 0.2) is 0 Å². The van der Waals surface area contributed by atoms with Crippen molar-refractivity contribution in [1.29, 1.82) is 0 Å². The monoisotopic (exact) mass is 460 g/mol. The van der Waals surface area contributed by atoms with Gasteiger partial charge in [-0.2, -0.15) is 0 Å². The summed E-state index contributed by atoms with van der Waals surface area (Å²) < 4.78 is 0. The summed E-state index contributed by atoms with van der Waals surface area (Å²) in [6.45, 7) is 37.7. The summed E-state index contributed by atoms with van der Waals surface area (Å²) in [4.78, 5) is 2.43. The molecule has 0 N–H and O–H groups in total. The standard InChI is InChI=1S/C9H19N.C8H18.C5H12.C4H10.C3H8.C2H6/c1-8(2)9-4-6-10(3)7-5-9;1-4-6-8(3)7-5-2;1-5(2,3)4;1-4(2)3;1-3-2;1-2/h8-9H,4-7H2,1-3H3;8H,4-7H2,1-3H3;1-4H3;4H,1-3H3;3H2,1-2H3;1-2H3. The van der Waals surface area contributed by atoms with Gasteiger partial charge in [0.05, 0.1) is 0 Å². The zero-order chi connectivity index (χ0) is 26.8. The molecule has 0 atom stereocenters. The molecule has 202 valence electrons. The molecule has 0 aromatic heterocycles. The van der Waals surface area contributed by atoms with Crippen molar-refractivity contribution in [2.24, 2.45) is 29.1 Å². The summed E-state index contributed by atoms with van der Waals surface area (Å²) in [5.74, 6) is 3.69. The van der Waals surface area contributed by atoms with Gasteiger partial charge >= 0.3 is 0 Å². The lowest BCUT2D eigenvalue weighted by atomic mass is 9.87. The Balaban J connectivity index is -0.0000000993. The van der Waals surface area contributed by atoms with Gasteiger partial charge in [0.2, 0.25) is 0 Å². The molecule has 32 heavy (non-hydrogen) atoms. The molecule has 1 fully saturated rings. The second kappa shape index (κ2) is 31.0. The van der Waals surface area contributed by atoms with Crippen LogP contribution in [-0.2, 0) is 0 Å². The van der Waals surface area contributed by atoms with Gasteiger partial charge in [-0.25, -0.2) is 0 Å². The average molecular weight is 460 g/mol. The van der Waals surface area contributed by atoms with Crippen molar-refractivity contribution in [3.05, 3.63) is 0 Å². The van der Waals surface area contributed by atoms with Crippen LogP contribution in [0.25, 0.3) is 0 Å². The lowest BCUT2D eigenvalue weighted by Gasteiger charge is -2.31. The molecule has 1 rings (SSSR count). The molecule has 0 aromatic carbocycles. The highest BCUT2D eigenvalue weighted by Crippen LogP contribution is 2.23. The Labute approximate surface area is 209 Å². The van der Waals surface area contributed by atoms with Gasteiger partial charge in [-0.3, -0.25) is 0 Å². The van der Waals surface area contributed by atoms with Crippen molar-refractivity contribution >= 4 is 0 Å². The van der Waals surface area contributed by atoms with Crippen molar-refractivity contribution in [3.63, 3.8) is 0 Å². The fourth-order valence-electron chi connectivity index (χ4n) is 2.83. The molecule has 1 saturated heterocycles. The summed E-state index contributed by atoms with van der Waals surface area (Å²) >= 11 is 0. The molecule has 0 radical (unpaired) electrons. The van der Waals surface area contributed by atoms with Crippen LogP contribution >= 0.6 is 0 Å². The van der Waals surface area contributed by atoms with Crippen molar-refractivity contribution in [1.82, 2.24) is 4.90 Å². The maximum absolute atomic E-state index is 2.43. The van der Waals surface area contributed by atoms with Gasteiger partial charge in [-0.1, -0.05) is 143 Å². The largest absolute Gasteiger partial charge is 0.306 e. The zero-order valence-electron chi connectivity index (χ0n) is 26.6. The number of likely N-dealkylation sites (tertiary alicyclic amines) is 1. The SMILES string of the molecule is CC.CC(C)(C)C.CC(C)C.CC(C)C1CCN(C)CC1.CCC.CCCC(C)CCC. The second-order valence-electron chi connectivity index (χ2n) is 12.0. The van der Waals surface area contributed by atoms with Crippen LogP contribution in [0, 0.1) is 29.1 Å². The van der Waals surface area contributed by atoms with Gasteiger partial charge in [-0.05, 0) is 62.1 Å². The van der Waals surface area contributed by atoms with Crippen LogP contribution in [-0.4, -0.2) is 25.0 Å². The Hall–Kier alpha value is -0.0400.